The molecule has 1 N–H and O–H groups in total. The molecular weight excluding hydrogens is 247 g/mol. The average molecular weight is 262 g/mol. The maximum absolute atomic E-state index is 14.3. The van der Waals surface area contributed by atoms with Crippen molar-refractivity contribution in [1.82, 2.24) is 0 Å². The molecule has 19 heavy (non-hydrogen) atoms. The predicted octanol–water partition coefficient (Wildman–Crippen LogP) is 2.92. The highest BCUT2D eigenvalue weighted by atomic mass is 19.1. The molecule has 2 aromatic rings. The van der Waals surface area contributed by atoms with Crippen molar-refractivity contribution in [2.24, 2.45) is 0 Å². The van der Waals surface area contributed by atoms with Crippen LogP contribution >= 0.6 is 0 Å². The molecule has 0 saturated heterocycles. The SMILES string of the molecule is COc1ccc(C(O)c2ccccc2)c(F)c1OC. The summed E-state index contributed by atoms with van der Waals surface area (Å²) in [4.78, 5) is 0. The van der Waals surface area contributed by atoms with E-state index in [-0.39, 0.29) is 11.3 Å². The van der Waals surface area contributed by atoms with E-state index in [1.54, 1.807) is 30.3 Å². The molecule has 0 saturated carbocycles. The van der Waals surface area contributed by atoms with Gasteiger partial charge in [-0.25, -0.2) is 4.39 Å². The van der Waals surface area contributed by atoms with E-state index in [1.807, 2.05) is 6.07 Å². The number of hydrogen-bond acceptors (Lipinski definition) is 3. The summed E-state index contributed by atoms with van der Waals surface area (Å²) in [6.45, 7) is 0. The molecule has 2 rings (SSSR count). The minimum atomic E-state index is -1.04. The molecule has 1 unspecified atom stereocenters. The molecule has 2 aromatic carbocycles. The number of aliphatic hydroxyl groups excluding tert-OH is 1. The van der Waals surface area contributed by atoms with Crippen LogP contribution in [0.4, 0.5) is 4.39 Å². The molecular formula is C15H15FO3. The van der Waals surface area contributed by atoms with Gasteiger partial charge in [-0.1, -0.05) is 30.3 Å². The number of benzene rings is 2. The summed E-state index contributed by atoms with van der Waals surface area (Å²) in [6.07, 6.45) is -1.04. The zero-order chi connectivity index (χ0) is 13.8. The van der Waals surface area contributed by atoms with Gasteiger partial charge in [-0.3, -0.25) is 0 Å². The minimum absolute atomic E-state index is 0.00465. The van der Waals surface area contributed by atoms with Gasteiger partial charge in [0.15, 0.2) is 17.3 Å². The van der Waals surface area contributed by atoms with E-state index < -0.39 is 11.9 Å². The molecule has 0 spiro atoms. The van der Waals surface area contributed by atoms with Gasteiger partial charge in [-0.15, -0.1) is 0 Å². The summed E-state index contributed by atoms with van der Waals surface area (Å²) >= 11 is 0. The van der Waals surface area contributed by atoms with Crippen LogP contribution < -0.4 is 9.47 Å². The highest BCUT2D eigenvalue weighted by Crippen LogP contribution is 2.35. The van der Waals surface area contributed by atoms with Crippen LogP contribution in [0.2, 0.25) is 0 Å². The van der Waals surface area contributed by atoms with Gasteiger partial charge >= 0.3 is 0 Å². The normalized spacial score (nSPS) is 12.0. The summed E-state index contributed by atoms with van der Waals surface area (Å²) in [5.41, 5.74) is 0.775. The van der Waals surface area contributed by atoms with Gasteiger partial charge < -0.3 is 14.6 Å². The second-order valence-electron chi connectivity index (χ2n) is 4.02. The zero-order valence-electron chi connectivity index (χ0n) is 10.8. The van der Waals surface area contributed by atoms with Crippen molar-refractivity contribution >= 4 is 0 Å². The van der Waals surface area contributed by atoms with Crippen molar-refractivity contribution in [3.8, 4) is 11.5 Å². The number of ether oxygens (including phenoxy) is 2. The summed E-state index contributed by atoms with van der Waals surface area (Å²) in [7, 11) is 2.80. The number of halogens is 1. The number of methoxy groups -OCH3 is 2. The van der Waals surface area contributed by atoms with Crippen LogP contribution in [0, 0.1) is 5.82 Å². The molecule has 0 bridgehead atoms. The fraction of sp³-hybridized carbons (Fsp3) is 0.200. The Balaban J connectivity index is 2.46. The molecule has 0 aromatic heterocycles. The Labute approximate surface area is 111 Å². The number of hydrogen-bond donors (Lipinski definition) is 1. The zero-order valence-corrected chi connectivity index (χ0v) is 10.8. The van der Waals surface area contributed by atoms with Crippen LogP contribution in [0.25, 0.3) is 0 Å². The highest BCUT2D eigenvalue weighted by Gasteiger charge is 2.20. The topological polar surface area (TPSA) is 38.7 Å². The van der Waals surface area contributed by atoms with Crippen molar-refractivity contribution in [3.05, 3.63) is 59.4 Å². The number of aliphatic hydroxyl groups is 1. The largest absolute Gasteiger partial charge is 0.493 e. The van der Waals surface area contributed by atoms with E-state index in [1.165, 1.54) is 20.3 Å². The maximum atomic E-state index is 14.3. The van der Waals surface area contributed by atoms with Gasteiger partial charge in [0.05, 0.1) is 14.2 Å². The summed E-state index contributed by atoms with van der Waals surface area (Å²) < 4.78 is 24.3. The lowest BCUT2D eigenvalue weighted by Gasteiger charge is -2.16. The first kappa shape index (κ1) is 13.4. The summed E-state index contributed by atoms with van der Waals surface area (Å²) in [6, 6.07) is 12.0. The van der Waals surface area contributed by atoms with Gasteiger partial charge in [-0.2, -0.15) is 0 Å². The molecule has 0 aliphatic rings. The monoisotopic (exact) mass is 262 g/mol. The molecule has 4 heteroatoms. The lowest BCUT2D eigenvalue weighted by molar-refractivity contribution is 0.212. The van der Waals surface area contributed by atoms with E-state index in [4.69, 9.17) is 9.47 Å². The third-order valence-electron chi connectivity index (χ3n) is 2.92. The molecule has 0 radical (unpaired) electrons. The molecule has 3 nitrogen and oxygen atoms in total. The lowest BCUT2D eigenvalue weighted by Crippen LogP contribution is -2.05. The third kappa shape index (κ3) is 2.53. The molecule has 0 fully saturated rings. The van der Waals surface area contributed by atoms with Crippen molar-refractivity contribution in [2.45, 2.75) is 6.10 Å². The van der Waals surface area contributed by atoms with Crippen molar-refractivity contribution in [2.75, 3.05) is 14.2 Å². The van der Waals surface area contributed by atoms with Crippen LogP contribution in [-0.2, 0) is 0 Å². The van der Waals surface area contributed by atoms with Crippen LogP contribution in [0.5, 0.6) is 11.5 Å². The maximum Gasteiger partial charge on any atom is 0.197 e. The van der Waals surface area contributed by atoms with E-state index in [2.05, 4.69) is 0 Å². The Morgan fingerprint density at radius 1 is 1.00 bits per heavy atom. The van der Waals surface area contributed by atoms with Gasteiger partial charge in [0.2, 0.25) is 0 Å². The van der Waals surface area contributed by atoms with Crippen molar-refractivity contribution in [1.29, 1.82) is 0 Å². The van der Waals surface area contributed by atoms with Crippen LogP contribution in [-0.4, -0.2) is 19.3 Å². The first-order chi connectivity index (χ1) is 9.19. The molecule has 0 heterocycles. The smallest absolute Gasteiger partial charge is 0.197 e. The van der Waals surface area contributed by atoms with Gasteiger partial charge in [0, 0.05) is 5.56 Å². The van der Waals surface area contributed by atoms with Crippen LogP contribution in [0.1, 0.15) is 17.2 Å². The molecule has 0 amide bonds. The molecule has 0 aliphatic heterocycles. The Kier molecular flexibility index (Phi) is 4.02. The quantitative estimate of drug-likeness (QED) is 0.920. The first-order valence-corrected chi connectivity index (χ1v) is 5.82. The lowest BCUT2D eigenvalue weighted by atomic mass is 10.0. The van der Waals surface area contributed by atoms with E-state index in [0.29, 0.717) is 11.3 Å². The molecule has 1 atom stereocenters. The predicted molar refractivity (Wildman–Crippen MR) is 70.0 cm³/mol. The van der Waals surface area contributed by atoms with Gasteiger partial charge in [-0.05, 0) is 17.7 Å². The second-order valence-corrected chi connectivity index (χ2v) is 4.02. The van der Waals surface area contributed by atoms with Crippen LogP contribution in [0.3, 0.4) is 0 Å². The van der Waals surface area contributed by atoms with E-state index in [0.717, 1.165) is 0 Å². The number of rotatable bonds is 4. The Bertz CT molecular complexity index is 555. The Morgan fingerprint density at radius 3 is 2.26 bits per heavy atom. The third-order valence-corrected chi connectivity index (χ3v) is 2.92. The highest BCUT2D eigenvalue weighted by molar-refractivity contribution is 5.46. The molecule has 100 valence electrons. The molecule has 0 aliphatic carbocycles. The fourth-order valence-corrected chi connectivity index (χ4v) is 1.93. The first-order valence-electron chi connectivity index (χ1n) is 5.82. The van der Waals surface area contributed by atoms with Crippen LogP contribution in [0.15, 0.2) is 42.5 Å². The summed E-state index contributed by atoms with van der Waals surface area (Å²) in [5, 5.41) is 10.2. The standard InChI is InChI=1S/C15H15FO3/c1-18-12-9-8-11(13(16)15(12)19-2)14(17)10-6-4-3-5-7-10/h3-9,14,17H,1-2H3. The Hall–Kier alpha value is -2.07. The summed E-state index contributed by atoms with van der Waals surface area (Å²) in [5.74, 6) is -0.322. The van der Waals surface area contributed by atoms with Crippen molar-refractivity contribution in [3.63, 3.8) is 0 Å². The van der Waals surface area contributed by atoms with Gasteiger partial charge in [0.1, 0.15) is 6.10 Å². The van der Waals surface area contributed by atoms with E-state index >= 15 is 0 Å². The Morgan fingerprint density at radius 2 is 1.68 bits per heavy atom. The fourth-order valence-electron chi connectivity index (χ4n) is 1.93. The second kappa shape index (κ2) is 5.71. The van der Waals surface area contributed by atoms with Gasteiger partial charge in [0.25, 0.3) is 0 Å². The minimum Gasteiger partial charge on any atom is -0.493 e. The average Bonchev–Trinajstić information content (AvgIpc) is 2.47. The van der Waals surface area contributed by atoms with E-state index in [9.17, 15) is 9.50 Å². The van der Waals surface area contributed by atoms with Crippen molar-refractivity contribution < 1.29 is 19.0 Å².